The van der Waals surface area contributed by atoms with E-state index in [2.05, 4.69) is 29.6 Å². The van der Waals surface area contributed by atoms with E-state index in [1.165, 1.54) is 5.56 Å². The molecular formula is C18H17N3OS. The lowest BCUT2D eigenvalue weighted by molar-refractivity contribution is 0.0604. The maximum Gasteiger partial charge on any atom is 0.262 e. The van der Waals surface area contributed by atoms with Gasteiger partial charge in [-0.1, -0.05) is 6.07 Å². The third-order valence-corrected chi connectivity index (χ3v) is 5.16. The molecule has 2 heterocycles. The molecule has 116 valence electrons. The first-order valence-corrected chi connectivity index (χ1v) is 8.24. The summed E-state index contributed by atoms with van der Waals surface area (Å²) >= 11 is 5.28. The number of nitrogens with one attached hydrogen (secondary N) is 1. The lowest BCUT2D eigenvalue weighted by Crippen LogP contribution is -2.37. The number of nitrogens with zero attached hydrogens (tertiary/aromatic N) is 2. The predicted molar refractivity (Wildman–Crippen MR) is 93.0 cm³/mol. The van der Waals surface area contributed by atoms with Crippen molar-refractivity contribution in [1.82, 2.24) is 4.57 Å². The maximum atomic E-state index is 9.15. The van der Waals surface area contributed by atoms with Crippen LogP contribution in [0.25, 0.3) is 11.3 Å². The molecule has 2 aliphatic rings. The Morgan fingerprint density at radius 2 is 2.04 bits per heavy atom. The second-order valence-electron chi connectivity index (χ2n) is 6.25. The molecular weight excluding hydrogens is 306 g/mol. The number of benzene rings is 1. The topological polar surface area (TPSA) is 50.0 Å². The highest BCUT2D eigenvalue weighted by Crippen LogP contribution is 2.48. The summed E-state index contributed by atoms with van der Waals surface area (Å²) in [5, 5.41) is 12.8. The Morgan fingerprint density at radius 1 is 1.26 bits per heavy atom. The Bertz CT molecular complexity index is 840. The van der Waals surface area contributed by atoms with E-state index in [0.717, 1.165) is 42.6 Å². The van der Waals surface area contributed by atoms with Crippen molar-refractivity contribution in [3.05, 3.63) is 41.6 Å². The predicted octanol–water partition coefficient (Wildman–Crippen LogP) is 4.06. The van der Waals surface area contributed by atoms with Crippen LogP contribution in [0.1, 0.15) is 36.9 Å². The molecule has 0 unspecified atom stereocenters. The molecule has 23 heavy (non-hydrogen) atoms. The molecule has 1 aliphatic heterocycles. The largest absolute Gasteiger partial charge is 0.459 e. The lowest BCUT2D eigenvalue weighted by atomic mass is 9.87. The Balaban J connectivity index is 1.85. The number of fused-ring (bicyclic) bond motifs is 2. The summed E-state index contributed by atoms with van der Waals surface area (Å²) in [5.74, 6) is 0. The Hall–Kier alpha value is -2.32. The van der Waals surface area contributed by atoms with Crippen molar-refractivity contribution in [1.29, 1.82) is 5.26 Å². The first kappa shape index (κ1) is 14.3. The zero-order valence-electron chi connectivity index (χ0n) is 12.9. The van der Waals surface area contributed by atoms with Crippen LogP contribution in [0.5, 0.6) is 0 Å². The summed E-state index contributed by atoms with van der Waals surface area (Å²) in [6.07, 6.45) is 4.33. The van der Waals surface area contributed by atoms with E-state index in [-0.39, 0.29) is 5.60 Å². The zero-order chi connectivity index (χ0) is 16.0. The van der Waals surface area contributed by atoms with Gasteiger partial charge in [0.05, 0.1) is 0 Å². The van der Waals surface area contributed by atoms with Gasteiger partial charge in [0.2, 0.25) is 0 Å². The number of hydrogen-bond acceptors (Lipinski definition) is 3. The first-order valence-electron chi connectivity index (χ1n) is 7.84. The molecule has 1 aromatic heterocycles. The average molecular weight is 323 g/mol. The molecule has 0 atom stereocenters. The highest BCUT2D eigenvalue weighted by molar-refractivity contribution is 7.80. The third-order valence-electron chi connectivity index (χ3n) is 4.98. The van der Waals surface area contributed by atoms with Crippen LogP contribution < -0.4 is 5.32 Å². The van der Waals surface area contributed by atoms with E-state index >= 15 is 0 Å². The van der Waals surface area contributed by atoms with E-state index in [4.69, 9.17) is 22.2 Å². The fraction of sp³-hybridized carbons (Fsp3) is 0.333. The molecule has 4 rings (SSSR count). The number of thiocarbonyl (C=S) groups is 1. The van der Waals surface area contributed by atoms with Crippen molar-refractivity contribution >= 4 is 23.1 Å². The maximum absolute atomic E-state index is 9.15. The smallest absolute Gasteiger partial charge is 0.262 e. The summed E-state index contributed by atoms with van der Waals surface area (Å²) < 4.78 is 7.99. The van der Waals surface area contributed by atoms with Gasteiger partial charge in [-0.15, -0.1) is 0 Å². The van der Waals surface area contributed by atoms with Gasteiger partial charge in [-0.25, -0.2) is 0 Å². The normalized spacial score (nSPS) is 18.2. The van der Waals surface area contributed by atoms with E-state index in [1.54, 1.807) is 0 Å². The molecule has 5 heteroatoms. The second-order valence-corrected chi connectivity index (χ2v) is 6.62. The van der Waals surface area contributed by atoms with Crippen LogP contribution >= 0.6 is 12.2 Å². The highest BCUT2D eigenvalue weighted by atomic mass is 32.1. The quantitative estimate of drug-likeness (QED) is 0.804. The Kier molecular flexibility index (Phi) is 3.17. The van der Waals surface area contributed by atoms with E-state index in [0.29, 0.717) is 10.9 Å². The average Bonchev–Trinajstić information content (AvgIpc) is 3.14. The van der Waals surface area contributed by atoms with Crippen LogP contribution in [0.3, 0.4) is 0 Å². The van der Waals surface area contributed by atoms with Crippen molar-refractivity contribution in [3.63, 3.8) is 0 Å². The minimum atomic E-state index is -0.281. The summed E-state index contributed by atoms with van der Waals surface area (Å²) in [5.41, 5.74) is 4.73. The van der Waals surface area contributed by atoms with Crippen LogP contribution in [-0.4, -0.2) is 9.74 Å². The van der Waals surface area contributed by atoms with E-state index < -0.39 is 0 Å². The molecule has 0 bridgehead atoms. The molecule has 1 aliphatic carbocycles. The van der Waals surface area contributed by atoms with Crippen molar-refractivity contribution in [3.8, 4) is 17.3 Å². The number of anilines is 1. The first-order chi connectivity index (χ1) is 11.1. The van der Waals surface area contributed by atoms with Crippen molar-refractivity contribution in [2.75, 3.05) is 5.32 Å². The summed E-state index contributed by atoms with van der Waals surface area (Å²) in [7, 11) is 1.92. The van der Waals surface area contributed by atoms with Crippen LogP contribution in [0.15, 0.2) is 30.3 Å². The summed E-state index contributed by atoms with van der Waals surface area (Å²) in [6, 6.07) is 12.4. The lowest BCUT2D eigenvalue weighted by Gasteiger charge is -2.37. The minimum Gasteiger partial charge on any atom is -0.459 e. The molecule has 0 saturated heterocycles. The van der Waals surface area contributed by atoms with Crippen molar-refractivity contribution in [2.45, 2.75) is 31.3 Å². The second kappa shape index (κ2) is 5.10. The number of nitriles is 1. The molecule has 2 aromatic rings. The Morgan fingerprint density at radius 3 is 2.74 bits per heavy atom. The summed E-state index contributed by atoms with van der Waals surface area (Å²) in [4.78, 5) is 0. The number of aromatic nitrogens is 1. The van der Waals surface area contributed by atoms with Gasteiger partial charge in [0.1, 0.15) is 17.4 Å². The van der Waals surface area contributed by atoms with Gasteiger partial charge in [0.15, 0.2) is 0 Å². The molecule has 1 aromatic carbocycles. The summed E-state index contributed by atoms with van der Waals surface area (Å²) in [6.45, 7) is 0. The molecule has 1 saturated carbocycles. The van der Waals surface area contributed by atoms with Gasteiger partial charge in [-0.2, -0.15) is 5.26 Å². The van der Waals surface area contributed by atoms with E-state index in [9.17, 15) is 0 Å². The number of hydrogen-bond donors (Lipinski definition) is 1. The van der Waals surface area contributed by atoms with Gasteiger partial charge in [-0.05, 0) is 67.7 Å². The van der Waals surface area contributed by atoms with Gasteiger partial charge in [0, 0.05) is 24.0 Å². The van der Waals surface area contributed by atoms with Crippen molar-refractivity contribution < 1.29 is 4.74 Å². The fourth-order valence-corrected chi connectivity index (χ4v) is 4.06. The van der Waals surface area contributed by atoms with Crippen molar-refractivity contribution in [2.24, 2.45) is 7.05 Å². The molecule has 4 nitrogen and oxygen atoms in total. The molecule has 1 fully saturated rings. The monoisotopic (exact) mass is 323 g/mol. The molecule has 0 amide bonds. The highest BCUT2D eigenvalue weighted by Gasteiger charge is 2.43. The fourth-order valence-electron chi connectivity index (χ4n) is 3.79. The number of rotatable bonds is 1. The Labute approximate surface area is 140 Å². The van der Waals surface area contributed by atoms with Gasteiger partial charge < -0.3 is 14.6 Å². The third kappa shape index (κ3) is 2.13. The van der Waals surface area contributed by atoms with Crippen LogP contribution in [-0.2, 0) is 17.4 Å². The zero-order valence-corrected chi connectivity index (χ0v) is 13.7. The standard InChI is InChI=1S/C18H17N3OS/c1-21-13(11-19)5-7-16(21)12-4-6-15-14(10-12)18(8-2-3-9-18)22-17(23)20-15/h4-7,10H,2-3,8-9H2,1H3,(H,20,23). The SMILES string of the molecule is Cn1c(C#N)ccc1-c1ccc2c(c1)C1(CCCC1)OC(=S)N2. The van der Waals surface area contributed by atoms with Gasteiger partial charge in [-0.3, -0.25) is 0 Å². The molecule has 1 spiro atoms. The van der Waals surface area contributed by atoms with Crippen LogP contribution in [0.2, 0.25) is 0 Å². The van der Waals surface area contributed by atoms with E-state index in [1.807, 2.05) is 23.7 Å². The van der Waals surface area contributed by atoms with Crippen LogP contribution in [0, 0.1) is 11.3 Å². The molecule has 0 radical (unpaired) electrons. The van der Waals surface area contributed by atoms with Crippen LogP contribution in [0.4, 0.5) is 5.69 Å². The van der Waals surface area contributed by atoms with Gasteiger partial charge in [0.25, 0.3) is 5.17 Å². The molecule has 1 N–H and O–H groups in total. The number of ether oxygens (including phenoxy) is 1. The van der Waals surface area contributed by atoms with Gasteiger partial charge >= 0.3 is 0 Å². The minimum absolute atomic E-state index is 0.281.